The highest BCUT2D eigenvalue weighted by Crippen LogP contribution is 2.39. The van der Waals surface area contributed by atoms with Gasteiger partial charge in [0.1, 0.15) is 5.01 Å². The van der Waals surface area contributed by atoms with Crippen LogP contribution in [0.2, 0.25) is 0 Å². The summed E-state index contributed by atoms with van der Waals surface area (Å²) in [6, 6.07) is -0.461. The van der Waals surface area contributed by atoms with E-state index in [4.69, 9.17) is 5.73 Å². The van der Waals surface area contributed by atoms with Gasteiger partial charge in [0.25, 0.3) is 0 Å². The second-order valence-electron chi connectivity index (χ2n) is 4.40. The van der Waals surface area contributed by atoms with E-state index < -0.39 is 6.04 Å². The van der Waals surface area contributed by atoms with Gasteiger partial charge >= 0.3 is 0 Å². The molecule has 18 heavy (non-hydrogen) atoms. The first-order chi connectivity index (χ1) is 7.64. The molecule has 7 heteroatoms. The third kappa shape index (κ3) is 3.57. The summed E-state index contributed by atoms with van der Waals surface area (Å²) in [6.45, 7) is 1.71. The van der Waals surface area contributed by atoms with E-state index in [9.17, 15) is 4.79 Å². The predicted octanol–water partition coefficient (Wildman–Crippen LogP) is 2.22. The van der Waals surface area contributed by atoms with Crippen LogP contribution in [0.15, 0.2) is 11.6 Å². The fourth-order valence-corrected chi connectivity index (χ4v) is 3.03. The highest BCUT2D eigenvalue weighted by molar-refractivity contribution is 7.09. The van der Waals surface area contributed by atoms with Crippen LogP contribution in [0.3, 0.4) is 0 Å². The number of nitrogens with two attached hydrogens (primary N) is 1. The Balaban J connectivity index is 0.00000144. The Morgan fingerprint density at radius 3 is 2.56 bits per heavy atom. The molecule has 2 rings (SSSR count). The summed E-state index contributed by atoms with van der Waals surface area (Å²) in [5, 5.41) is 6.04. The van der Waals surface area contributed by atoms with E-state index >= 15 is 0 Å². The summed E-state index contributed by atoms with van der Waals surface area (Å²) in [7, 11) is 0. The van der Waals surface area contributed by atoms with Crippen molar-refractivity contribution < 1.29 is 4.79 Å². The fourth-order valence-electron chi connectivity index (χ4n) is 2.18. The number of halogens is 2. The molecular weight excluding hydrogens is 293 g/mol. The predicted molar refractivity (Wildman–Crippen MR) is 78.5 cm³/mol. The van der Waals surface area contributed by atoms with E-state index in [0.29, 0.717) is 0 Å². The Bertz CT molecular complexity index is 364. The van der Waals surface area contributed by atoms with Crippen LogP contribution < -0.4 is 11.1 Å². The van der Waals surface area contributed by atoms with Gasteiger partial charge in [-0.1, -0.05) is 12.8 Å². The SMILES string of the molecule is CC(N)C(=O)NC1(c2nccs2)CCCC1.Cl.Cl. The number of nitrogens with one attached hydrogen (secondary N) is 1. The highest BCUT2D eigenvalue weighted by Gasteiger charge is 2.39. The maximum Gasteiger partial charge on any atom is 0.237 e. The van der Waals surface area contributed by atoms with E-state index in [1.165, 1.54) is 0 Å². The van der Waals surface area contributed by atoms with Crippen molar-refractivity contribution in [3.05, 3.63) is 16.6 Å². The molecule has 1 aromatic rings. The van der Waals surface area contributed by atoms with Gasteiger partial charge in [-0.05, 0) is 19.8 Å². The maximum absolute atomic E-state index is 11.7. The van der Waals surface area contributed by atoms with Crippen LogP contribution in [0.4, 0.5) is 0 Å². The summed E-state index contributed by atoms with van der Waals surface area (Å²) in [5.41, 5.74) is 5.35. The lowest BCUT2D eigenvalue weighted by molar-refractivity contribution is -0.124. The zero-order valence-electron chi connectivity index (χ0n) is 10.2. The molecule has 0 saturated heterocycles. The second-order valence-corrected chi connectivity index (χ2v) is 5.30. The quantitative estimate of drug-likeness (QED) is 0.899. The Labute approximate surface area is 124 Å². The van der Waals surface area contributed by atoms with Gasteiger partial charge in [-0.15, -0.1) is 36.2 Å². The molecule has 1 fully saturated rings. The molecule has 1 heterocycles. The third-order valence-corrected chi connectivity index (χ3v) is 4.05. The number of nitrogens with zero attached hydrogens (tertiary/aromatic N) is 1. The molecule has 1 unspecified atom stereocenters. The smallest absolute Gasteiger partial charge is 0.237 e. The van der Waals surface area contributed by atoms with Gasteiger partial charge < -0.3 is 11.1 Å². The first kappa shape index (κ1) is 17.6. The van der Waals surface area contributed by atoms with Crippen molar-refractivity contribution in [1.29, 1.82) is 0 Å². The van der Waals surface area contributed by atoms with Crippen LogP contribution in [0.1, 0.15) is 37.6 Å². The third-order valence-electron chi connectivity index (χ3n) is 3.07. The Morgan fingerprint density at radius 2 is 2.11 bits per heavy atom. The van der Waals surface area contributed by atoms with Crippen molar-refractivity contribution in [2.45, 2.75) is 44.2 Å². The van der Waals surface area contributed by atoms with Crippen LogP contribution >= 0.6 is 36.2 Å². The van der Waals surface area contributed by atoms with Crippen molar-refractivity contribution in [3.8, 4) is 0 Å². The van der Waals surface area contributed by atoms with Gasteiger partial charge in [-0.3, -0.25) is 4.79 Å². The maximum atomic E-state index is 11.7. The van der Waals surface area contributed by atoms with Crippen LogP contribution in [0.5, 0.6) is 0 Å². The highest BCUT2D eigenvalue weighted by atomic mass is 35.5. The molecular formula is C11H19Cl2N3OS. The molecule has 1 saturated carbocycles. The summed E-state index contributed by atoms with van der Waals surface area (Å²) >= 11 is 1.61. The summed E-state index contributed by atoms with van der Waals surface area (Å²) in [6.07, 6.45) is 6.01. The van der Waals surface area contributed by atoms with E-state index in [0.717, 1.165) is 30.7 Å². The van der Waals surface area contributed by atoms with Crippen molar-refractivity contribution in [3.63, 3.8) is 0 Å². The summed E-state index contributed by atoms with van der Waals surface area (Å²) in [5.74, 6) is -0.0860. The molecule has 3 N–H and O–H groups in total. The van der Waals surface area contributed by atoms with Crippen molar-refractivity contribution >= 4 is 42.1 Å². The van der Waals surface area contributed by atoms with Gasteiger partial charge in [-0.25, -0.2) is 4.98 Å². The first-order valence-corrected chi connectivity index (χ1v) is 6.50. The van der Waals surface area contributed by atoms with Gasteiger partial charge in [0.05, 0.1) is 11.6 Å². The second kappa shape index (κ2) is 7.28. The minimum absolute atomic E-state index is 0. The zero-order chi connectivity index (χ0) is 11.6. The number of carbonyl (C=O) groups excluding carboxylic acids is 1. The Hall–Kier alpha value is -0.360. The summed E-state index contributed by atoms with van der Waals surface area (Å²) in [4.78, 5) is 16.1. The van der Waals surface area contributed by atoms with Gasteiger partial charge in [0.2, 0.25) is 5.91 Å². The number of aromatic nitrogens is 1. The standard InChI is InChI=1S/C11H17N3OS.2ClH/c1-8(12)9(15)14-11(4-2-3-5-11)10-13-6-7-16-10;;/h6-8H,2-5,12H2,1H3,(H,14,15);2*1H. The topological polar surface area (TPSA) is 68.0 Å². The van der Waals surface area contributed by atoms with E-state index in [1.807, 2.05) is 5.38 Å². The summed E-state index contributed by atoms with van der Waals surface area (Å²) < 4.78 is 0. The minimum Gasteiger partial charge on any atom is -0.343 e. The number of hydrogen-bond acceptors (Lipinski definition) is 4. The molecule has 0 radical (unpaired) electrons. The van der Waals surface area contributed by atoms with Crippen molar-refractivity contribution in [2.24, 2.45) is 5.73 Å². The molecule has 1 aliphatic rings. The number of hydrogen-bond donors (Lipinski definition) is 2. The fraction of sp³-hybridized carbons (Fsp3) is 0.636. The molecule has 1 amide bonds. The monoisotopic (exact) mass is 311 g/mol. The molecule has 1 aliphatic carbocycles. The average Bonchev–Trinajstić information content (AvgIpc) is 2.87. The van der Waals surface area contributed by atoms with Crippen molar-refractivity contribution in [2.75, 3.05) is 0 Å². The van der Waals surface area contributed by atoms with Crippen LogP contribution in [-0.4, -0.2) is 16.9 Å². The van der Waals surface area contributed by atoms with Gasteiger partial charge in [0, 0.05) is 11.6 Å². The zero-order valence-corrected chi connectivity index (χ0v) is 12.7. The number of carbonyl (C=O) groups is 1. The molecule has 0 aliphatic heterocycles. The average molecular weight is 312 g/mol. The van der Waals surface area contributed by atoms with Gasteiger partial charge in [-0.2, -0.15) is 0 Å². The van der Waals surface area contributed by atoms with Gasteiger partial charge in [0.15, 0.2) is 0 Å². The largest absolute Gasteiger partial charge is 0.343 e. The number of thiazole rings is 1. The molecule has 1 atom stereocenters. The lowest BCUT2D eigenvalue weighted by Crippen LogP contribution is -2.49. The van der Waals surface area contributed by atoms with E-state index in [1.54, 1.807) is 24.5 Å². The van der Waals surface area contributed by atoms with E-state index in [2.05, 4.69) is 10.3 Å². The minimum atomic E-state index is -0.461. The number of amides is 1. The molecule has 0 aromatic carbocycles. The molecule has 0 bridgehead atoms. The Kier molecular flexibility index (Phi) is 7.14. The molecule has 1 aromatic heterocycles. The first-order valence-electron chi connectivity index (χ1n) is 5.62. The lowest BCUT2D eigenvalue weighted by Gasteiger charge is -2.29. The molecule has 0 spiro atoms. The van der Waals surface area contributed by atoms with E-state index in [-0.39, 0.29) is 36.3 Å². The molecule has 4 nitrogen and oxygen atoms in total. The van der Waals surface area contributed by atoms with Crippen LogP contribution in [0.25, 0.3) is 0 Å². The number of rotatable bonds is 3. The van der Waals surface area contributed by atoms with Crippen LogP contribution in [-0.2, 0) is 10.3 Å². The van der Waals surface area contributed by atoms with Crippen molar-refractivity contribution in [1.82, 2.24) is 10.3 Å². The molecule has 104 valence electrons. The van der Waals surface area contributed by atoms with Crippen LogP contribution in [0, 0.1) is 0 Å². The normalized spacial score (nSPS) is 18.3. The lowest BCUT2D eigenvalue weighted by atomic mass is 9.98. The Morgan fingerprint density at radius 1 is 1.50 bits per heavy atom.